The van der Waals surface area contributed by atoms with E-state index in [1.165, 1.54) is 5.56 Å². The fourth-order valence-electron chi connectivity index (χ4n) is 3.96. The molecular formula is C28H23N3O2. The van der Waals surface area contributed by atoms with Crippen molar-refractivity contribution in [2.24, 2.45) is 0 Å². The standard InChI is InChI=1S/C28H23N3O2/c1-19-16-24(30-28(32)23-10-6-7-11-26(23)33-2)27-29-25(18-31(27)17-19)22-14-12-21(13-15-22)20-8-4-3-5-9-20/h3-18H,1-2H3,(H,30,32). The van der Waals surface area contributed by atoms with E-state index in [1.807, 2.05) is 60.1 Å². The van der Waals surface area contributed by atoms with Crippen LogP contribution in [-0.2, 0) is 0 Å². The van der Waals surface area contributed by atoms with Gasteiger partial charge in [-0.05, 0) is 41.8 Å². The highest BCUT2D eigenvalue weighted by atomic mass is 16.5. The average molecular weight is 434 g/mol. The molecule has 0 atom stereocenters. The van der Waals surface area contributed by atoms with Gasteiger partial charge in [-0.3, -0.25) is 4.79 Å². The summed E-state index contributed by atoms with van der Waals surface area (Å²) in [5.41, 5.74) is 7.01. The third-order valence-corrected chi connectivity index (χ3v) is 5.58. The van der Waals surface area contributed by atoms with Crippen LogP contribution in [0.15, 0.2) is 97.3 Å². The number of para-hydroxylation sites is 1. The topological polar surface area (TPSA) is 55.6 Å². The summed E-state index contributed by atoms with van der Waals surface area (Å²) in [5, 5.41) is 3.01. The van der Waals surface area contributed by atoms with Crippen molar-refractivity contribution in [3.63, 3.8) is 0 Å². The summed E-state index contributed by atoms with van der Waals surface area (Å²) in [6.07, 6.45) is 3.99. The Bertz CT molecular complexity index is 1440. The van der Waals surface area contributed by atoms with E-state index >= 15 is 0 Å². The summed E-state index contributed by atoms with van der Waals surface area (Å²) >= 11 is 0. The lowest BCUT2D eigenvalue weighted by Crippen LogP contribution is -2.14. The number of imidazole rings is 1. The number of hydrogen-bond donors (Lipinski definition) is 1. The monoisotopic (exact) mass is 433 g/mol. The number of carbonyl (C=O) groups is 1. The van der Waals surface area contributed by atoms with Crippen LogP contribution >= 0.6 is 0 Å². The number of methoxy groups -OCH3 is 1. The Labute approximate surface area is 192 Å². The molecule has 2 aromatic heterocycles. The molecule has 0 saturated heterocycles. The van der Waals surface area contributed by atoms with Crippen LogP contribution < -0.4 is 10.1 Å². The number of ether oxygens (including phenoxy) is 1. The number of nitrogens with one attached hydrogen (secondary N) is 1. The molecule has 3 aromatic carbocycles. The zero-order chi connectivity index (χ0) is 22.8. The van der Waals surface area contributed by atoms with Gasteiger partial charge in [0.05, 0.1) is 24.1 Å². The van der Waals surface area contributed by atoms with Crippen LogP contribution in [0, 0.1) is 6.92 Å². The number of fused-ring (bicyclic) bond motifs is 1. The maximum Gasteiger partial charge on any atom is 0.259 e. The number of rotatable bonds is 5. The van der Waals surface area contributed by atoms with Crippen molar-refractivity contribution in [3.05, 3.63) is 108 Å². The minimum Gasteiger partial charge on any atom is -0.496 e. The zero-order valence-corrected chi connectivity index (χ0v) is 18.4. The summed E-state index contributed by atoms with van der Waals surface area (Å²) in [7, 11) is 1.56. The van der Waals surface area contributed by atoms with E-state index in [0.717, 1.165) is 22.4 Å². The molecule has 0 aliphatic carbocycles. The largest absolute Gasteiger partial charge is 0.496 e. The maximum atomic E-state index is 13.0. The number of hydrogen-bond acceptors (Lipinski definition) is 3. The Morgan fingerprint density at radius 2 is 1.52 bits per heavy atom. The van der Waals surface area contributed by atoms with Crippen LogP contribution in [0.3, 0.4) is 0 Å². The zero-order valence-electron chi connectivity index (χ0n) is 18.4. The first kappa shape index (κ1) is 20.5. The summed E-state index contributed by atoms with van der Waals surface area (Å²) < 4.78 is 7.29. The molecule has 33 heavy (non-hydrogen) atoms. The lowest BCUT2D eigenvalue weighted by atomic mass is 10.0. The van der Waals surface area contributed by atoms with Crippen LogP contribution in [0.25, 0.3) is 28.0 Å². The van der Waals surface area contributed by atoms with Gasteiger partial charge in [0.1, 0.15) is 5.75 Å². The van der Waals surface area contributed by atoms with Crippen molar-refractivity contribution in [2.45, 2.75) is 6.92 Å². The summed E-state index contributed by atoms with van der Waals surface area (Å²) in [6.45, 7) is 1.99. The van der Waals surface area contributed by atoms with Crippen LogP contribution in [0.4, 0.5) is 5.69 Å². The minimum atomic E-state index is -0.239. The number of aromatic nitrogens is 2. The molecule has 0 bridgehead atoms. The lowest BCUT2D eigenvalue weighted by Gasteiger charge is -2.10. The van der Waals surface area contributed by atoms with Gasteiger partial charge in [-0.1, -0.05) is 66.7 Å². The van der Waals surface area contributed by atoms with Crippen molar-refractivity contribution < 1.29 is 9.53 Å². The van der Waals surface area contributed by atoms with Gasteiger partial charge in [0.25, 0.3) is 5.91 Å². The first-order valence-electron chi connectivity index (χ1n) is 10.7. The fourth-order valence-corrected chi connectivity index (χ4v) is 3.96. The van der Waals surface area contributed by atoms with Gasteiger partial charge in [0.2, 0.25) is 0 Å². The van der Waals surface area contributed by atoms with Crippen LogP contribution in [0.1, 0.15) is 15.9 Å². The van der Waals surface area contributed by atoms with Crippen LogP contribution in [0.5, 0.6) is 5.75 Å². The number of amides is 1. The molecule has 5 aromatic rings. The van der Waals surface area contributed by atoms with E-state index in [2.05, 4.69) is 41.7 Å². The molecule has 0 fully saturated rings. The van der Waals surface area contributed by atoms with Gasteiger partial charge < -0.3 is 14.5 Å². The summed E-state index contributed by atoms with van der Waals surface area (Å²) in [6, 6.07) is 27.7. The predicted molar refractivity (Wildman–Crippen MR) is 132 cm³/mol. The van der Waals surface area contributed by atoms with Crippen LogP contribution in [-0.4, -0.2) is 22.4 Å². The van der Waals surface area contributed by atoms with Gasteiger partial charge in [-0.15, -0.1) is 0 Å². The summed E-state index contributed by atoms with van der Waals surface area (Å²) in [5.74, 6) is 0.290. The van der Waals surface area contributed by atoms with Crippen molar-refractivity contribution >= 4 is 17.2 Å². The number of pyridine rings is 1. The quantitative estimate of drug-likeness (QED) is 0.357. The molecule has 2 heterocycles. The van der Waals surface area contributed by atoms with E-state index in [0.29, 0.717) is 22.6 Å². The van der Waals surface area contributed by atoms with E-state index in [4.69, 9.17) is 9.72 Å². The molecule has 0 radical (unpaired) electrons. The minimum absolute atomic E-state index is 0.239. The Hall–Kier alpha value is -4.38. The van der Waals surface area contributed by atoms with E-state index in [-0.39, 0.29) is 5.91 Å². The Morgan fingerprint density at radius 3 is 2.27 bits per heavy atom. The highest BCUT2D eigenvalue weighted by molar-refractivity contribution is 6.07. The van der Waals surface area contributed by atoms with E-state index < -0.39 is 0 Å². The number of carbonyl (C=O) groups excluding carboxylic acids is 1. The third kappa shape index (κ3) is 4.08. The van der Waals surface area contributed by atoms with Gasteiger partial charge in [0, 0.05) is 18.0 Å². The van der Waals surface area contributed by atoms with Gasteiger partial charge in [-0.2, -0.15) is 0 Å². The molecule has 5 nitrogen and oxygen atoms in total. The van der Waals surface area contributed by atoms with Crippen molar-refractivity contribution in [1.29, 1.82) is 0 Å². The highest BCUT2D eigenvalue weighted by Gasteiger charge is 2.15. The Morgan fingerprint density at radius 1 is 0.848 bits per heavy atom. The van der Waals surface area contributed by atoms with Crippen molar-refractivity contribution in [1.82, 2.24) is 9.38 Å². The number of aryl methyl sites for hydroxylation is 1. The molecule has 0 aliphatic heterocycles. The maximum absolute atomic E-state index is 13.0. The second-order valence-corrected chi connectivity index (χ2v) is 7.89. The van der Waals surface area contributed by atoms with Crippen LogP contribution in [0.2, 0.25) is 0 Å². The molecule has 5 heteroatoms. The number of anilines is 1. The number of benzene rings is 3. The molecule has 162 valence electrons. The molecule has 1 N–H and O–H groups in total. The molecular weight excluding hydrogens is 410 g/mol. The second kappa shape index (κ2) is 8.63. The molecule has 0 aliphatic rings. The molecule has 0 saturated carbocycles. The van der Waals surface area contributed by atoms with Gasteiger partial charge >= 0.3 is 0 Å². The third-order valence-electron chi connectivity index (χ3n) is 5.58. The number of nitrogens with zero attached hydrogens (tertiary/aromatic N) is 2. The first-order valence-corrected chi connectivity index (χ1v) is 10.7. The summed E-state index contributed by atoms with van der Waals surface area (Å²) in [4.78, 5) is 17.8. The predicted octanol–water partition coefficient (Wildman–Crippen LogP) is 6.24. The Kier molecular flexibility index (Phi) is 5.37. The highest BCUT2D eigenvalue weighted by Crippen LogP contribution is 2.28. The van der Waals surface area contributed by atoms with Crippen molar-refractivity contribution in [2.75, 3.05) is 12.4 Å². The first-order chi connectivity index (χ1) is 16.1. The van der Waals surface area contributed by atoms with Crippen molar-refractivity contribution in [3.8, 4) is 28.1 Å². The van der Waals surface area contributed by atoms with Gasteiger partial charge in [0.15, 0.2) is 5.65 Å². The Balaban J connectivity index is 1.48. The molecule has 0 spiro atoms. The average Bonchev–Trinajstić information content (AvgIpc) is 3.29. The molecule has 5 rings (SSSR count). The lowest BCUT2D eigenvalue weighted by molar-refractivity contribution is 0.102. The molecule has 1 amide bonds. The van der Waals surface area contributed by atoms with E-state index in [9.17, 15) is 4.79 Å². The van der Waals surface area contributed by atoms with Gasteiger partial charge in [-0.25, -0.2) is 4.98 Å². The second-order valence-electron chi connectivity index (χ2n) is 7.89. The molecule has 0 unspecified atom stereocenters. The van der Waals surface area contributed by atoms with E-state index in [1.54, 1.807) is 19.2 Å². The fraction of sp³-hybridized carbons (Fsp3) is 0.0714. The smallest absolute Gasteiger partial charge is 0.259 e. The SMILES string of the molecule is COc1ccccc1C(=O)Nc1cc(C)cn2cc(-c3ccc(-c4ccccc4)cc3)nc12. The normalized spacial score (nSPS) is 10.8.